The largest absolute Gasteiger partial charge is 0.475 e. The predicted molar refractivity (Wildman–Crippen MR) is 174 cm³/mol. The average Bonchev–Trinajstić information content (AvgIpc) is 3.62. The lowest BCUT2D eigenvalue weighted by Gasteiger charge is -2.45. The van der Waals surface area contributed by atoms with Crippen molar-refractivity contribution in [2.75, 3.05) is 39.3 Å². The summed E-state index contributed by atoms with van der Waals surface area (Å²) in [6.45, 7) is 5.96. The van der Waals surface area contributed by atoms with Crippen LogP contribution in [0.2, 0.25) is 0 Å². The van der Waals surface area contributed by atoms with Crippen molar-refractivity contribution in [2.24, 2.45) is 10.9 Å². The number of alkyl halides is 1. The van der Waals surface area contributed by atoms with E-state index in [0.29, 0.717) is 43.9 Å². The quantitative estimate of drug-likeness (QED) is 0.398. The van der Waals surface area contributed by atoms with Gasteiger partial charge in [-0.05, 0) is 67.8 Å². The molecule has 8 nitrogen and oxygen atoms in total. The molecule has 7 rings (SSSR count). The number of rotatable bonds is 6. The normalized spacial score (nSPS) is 30.3. The first kappa shape index (κ1) is 31.3. The van der Waals surface area contributed by atoms with Crippen molar-refractivity contribution in [1.29, 1.82) is 10.5 Å². The number of amides is 1. The SMILES string of the molecule is C=CC(=O)N1CCN(C2=C(C#N)C(OC[C@@]34CCCN3C[C@H](F)C4)=NC3C(F)=C(c4cccc5c4CCCC5)C=CC23)C[C@@H]1CC#N. The Kier molecular flexibility index (Phi) is 8.48. The maximum atomic E-state index is 17.0. The predicted octanol–water partition coefficient (Wildman–Crippen LogP) is 5.20. The highest BCUT2D eigenvalue weighted by molar-refractivity contribution is 6.00. The summed E-state index contributed by atoms with van der Waals surface area (Å²) in [5.41, 5.74) is 4.17. The molecule has 0 spiro atoms. The lowest BCUT2D eigenvalue weighted by Crippen LogP contribution is -2.56. The van der Waals surface area contributed by atoms with Crippen LogP contribution < -0.4 is 0 Å². The lowest BCUT2D eigenvalue weighted by atomic mass is 9.79. The summed E-state index contributed by atoms with van der Waals surface area (Å²) in [5, 5.41) is 20.2. The molecule has 1 aromatic rings. The van der Waals surface area contributed by atoms with Crippen LogP contribution in [0.1, 0.15) is 55.2 Å². The number of nitrogens with zero attached hydrogens (tertiary/aromatic N) is 6. The van der Waals surface area contributed by atoms with Crippen molar-refractivity contribution < 1.29 is 18.3 Å². The number of hydrogen-bond donors (Lipinski definition) is 0. The maximum Gasteiger partial charge on any atom is 0.246 e. The van der Waals surface area contributed by atoms with Gasteiger partial charge >= 0.3 is 0 Å². The van der Waals surface area contributed by atoms with Crippen LogP contribution in [0.3, 0.4) is 0 Å². The number of halogens is 2. The minimum atomic E-state index is -0.950. The summed E-state index contributed by atoms with van der Waals surface area (Å²) < 4.78 is 38.0. The Morgan fingerprint density at radius 2 is 2.02 bits per heavy atom. The highest BCUT2D eigenvalue weighted by Crippen LogP contribution is 2.45. The van der Waals surface area contributed by atoms with Crippen LogP contribution in [-0.4, -0.2) is 89.6 Å². The molecule has 3 fully saturated rings. The molecule has 4 aliphatic heterocycles. The van der Waals surface area contributed by atoms with Crippen LogP contribution in [0.25, 0.3) is 5.57 Å². The Balaban J connectivity index is 1.28. The molecule has 1 amide bonds. The van der Waals surface area contributed by atoms with E-state index >= 15 is 4.39 Å². The van der Waals surface area contributed by atoms with Gasteiger partial charge in [-0.2, -0.15) is 10.5 Å². The van der Waals surface area contributed by atoms with Gasteiger partial charge in [-0.25, -0.2) is 13.8 Å². The highest BCUT2D eigenvalue weighted by Gasteiger charge is 2.50. The number of carbonyl (C=O) groups is 1. The Labute approximate surface area is 275 Å². The second-order valence-electron chi connectivity index (χ2n) is 13.6. The van der Waals surface area contributed by atoms with E-state index in [-0.39, 0.29) is 36.2 Å². The molecular weight excluding hydrogens is 598 g/mol. The van der Waals surface area contributed by atoms with Gasteiger partial charge in [-0.15, -0.1) is 0 Å². The van der Waals surface area contributed by atoms with Crippen molar-refractivity contribution in [3.05, 3.63) is 76.8 Å². The molecule has 0 N–H and O–H groups in total. The molecule has 0 saturated carbocycles. The number of hydrogen-bond acceptors (Lipinski definition) is 7. The third-order valence-electron chi connectivity index (χ3n) is 11.0. The minimum Gasteiger partial charge on any atom is -0.475 e. The molecule has 0 radical (unpaired) electrons. The van der Waals surface area contributed by atoms with Gasteiger partial charge in [0.05, 0.1) is 24.1 Å². The molecule has 0 aromatic heterocycles. The fourth-order valence-corrected chi connectivity index (χ4v) is 8.80. The van der Waals surface area contributed by atoms with E-state index in [1.54, 1.807) is 4.90 Å². The van der Waals surface area contributed by atoms with Gasteiger partial charge in [0.15, 0.2) is 0 Å². The lowest BCUT2D eigenvalue weighted by molar-refractivity contribution is -0.130. The maximum absolute atomic E-state index is 17.0. The standard InChI is InChI=1S/C37H40F2N6O2/c1-2-32(46)45-18-17-43(22-26(45)13-15-40)35-30-12-11-29(28-10-5-8-24-7-3-4-9-27(24)28)33(39)34(30)42-36(31(35)20-41)47-23-37-14-6-16-44(37)21-25(38)19-37/h2,5,8,10-12,25-26,30,34H,1,3-4,6-7,9,13-14,16-19,21-23H2/t25-,26+,30?,34?,37+/m1/s1. The van der Waals surface area contributed by atoms with Crippen LogP contribution in [0, 0.1) is 28.6 Å². The van der Waals surface area contributed by atoms with Crippen LogP contribution in [0.4, 0.5) is 8.78 Å². The molecular formula is C37H40F2N6O2. The first-order valence-corrected chi connectivity index (χ1v) is 16.9. The molecule has 2 aliphatic carbocycles. The fraction of sp³-hybridized carbons (Fsp3) is 0.514. The smallest absolute Gasteiger partial charge is 0.246 e. The van der Waals surface area contributed by atoms with Crippen molar-refractivity contribution in [1.82, 2.24) is 14.7 Å². The summed E-state index contributed by atoms with van der Waals surface area (Å²) in [6, 6.07) is 9.23. The minimum absolute atomic E-state index is 0.0774. The van der Waals surface area contributed by atoms with Crippen molar-refractivity contribution in [3.63, 3.8) is 0 Å². The number of nitriles is 2. The van der Waals surface area contributed by atoms with E-state index in [1.807, 2.05) is 29.2 Å². The van der Waals surface area contributed by atoms with Crippen LogP contribution in [0.5, 0.6) is 0 Å². The number of piperazine rings is 1. The van der Waals surface area contributed by atoms with E-state index in [2.05, 4.69) is 29.7 Å². The number of aliphatic imine (C=N–C) groups is 1. The van der Waals surface area contributed by atoms with Crippen LogP contribution >= 0.6 is 0 Å². The number of aryl methyl sites for hydroxylation is 1. The van der Waals surface area contributed by atoms with Gasteiger partial charge in [0, 0.05) is 49.8 Å². The molecule has 6 aliphatic rings. The summed E-state index contributed by atoms with van der Waals surface area (Å²) in [4.78, 5) is 23.3. The van der Waals surface area contributed by atoms with E-state index < -0.39 is 29.7 Å². The Bertz CT molecular complexity index is 1680. The number of carbonyl (C=O) groups excluding carboxylic acids is 1. The van der Waals surface area contributed by atoms with Gasteiger partial charge < -0.3 is 14.5 Å². The van der Waals surface area contributed by atoms with Gasteiger partial charge in [0.25, 0.3) is 0 Å². The molecule has 3 saturated heterocycles. The van der Waals surface area contributed by atoms with Crippen molar-refractivity contribution >= 4 is 17.4 Å². The Hall–Kier alpha value is -4.28. The van der Waals surface area contributed by atoms with E-state index in [0.717, 1.165) is 50.6 Å². The molecule has 4 heterocycles. The number of ether oxygens (including phenoxy) is 1. The summed E-state index contributed by atoms with van der Waals surface area (Å²) >= 11 is 0. The first-order valence-electron chi connectivity index (χ1n) is 16.9. The third kappa shape index (κ3) is 5.47. The van der Waals surface area contributed by atoms with Gasteiger partial charge in [-0.1, -0.05) is 36.9 Å². The topological polar surface area (TPSA) is 96.0 Å². The Morgan fingerprint density at radius 3 is 2.83 bits per heavy atom. The van der Waals surface area contributed by atoms with Gasteiger partial charge in [0.2, 0.25) is 11.8 Å². The molecule has 10 heteroatoms. The van der Waals surface area contributed by atoms with E-state index in [1.165, 1.54) is 17.2 Å². The van der Waals surface area contributed by atoms with Crippen LogP contribution in [-0.2, 0) is 22.4 Å². The number of dihydropyridines is 1. The average molecular weight is 639 g/mol. The second-order valence-corrected chi connectivity index (χ2v) is 13.6. The first-order chi connectivity index (χ1) is 22.9. The van der Waals surface area contributed by atoms with Gasteiger partial charge in [0.1, 0.15) is 36.3 Å². The third-order valence-corrected chi connectivity index (χ3v) is 11.0. The summed E-state index contributed by atoms with van der Waals surface area (Å²) in [6.07, 6.45) is 10.3. The van der Waals surface area contributed by atoms with Crippen molar-refractivity contribution in [2.45, 2.75) is 75.2 Å². The van der Waals surface area contributed by atoms with E-state index in [9.17, 15) is 19.7 Å². The number of allylic oxidation sites excluding steroid dienone is 2. The zero-order valence-electron chi connectivity index (χ0n) is 26.6. The second kappa shape index (κ2) is 12.7. The molecule has 1 aromatic carbocycles. The monoisotopic (exact) mass is 638 g/mol. The summed E-state index contributed by atoms with van der Waals surface area (Å²) in [7, 11) is 0. The van der Waals surface area contributed by atoms with Crippen LogP contribution in [0.15, 0.2) is 65.1 Å². The Morgan fingerprint density at radius 1 is 1.17 bits per heavy atom. The number of benzene rings is 1. The molecule has 0 bridgehead atoms. The van der Waals surface area contributed by atoms with Crippen molar-refractivity contribution in [3.8, 4) is 12.1 Å². The fourth-order valence-electron chi connectivity index (χ4n) is 8.80. The highest BCUT2D eigenvalue weighted by atomic mass is 19.1. The van der Waals surface area contributed by atoms with Gasteiger partial charge in [-0.3, -0.25) is 9.69 Å². The molecule has 47 heavy (non-hydrogen) atoms. The molecule has 5 atom stereocenters. The zero-order chi connectivity index (χ0) is 32.7. The number of fused-ring (bicyclic) bond motifs is 3. The van der Waals surface area contributed by atoms with E-state index in [4.69, 9.17) is 9.73 Å². The zero-order valence-corrected chi connectivity index (χ0v) is 26.6. The molecule has 244 valence electrons. The summed E-state index contributed by atoms with van der Waals surface area (Å²) in [5.74, 6) is -1.12. The molecule has 2 unspecified atom stereocenters.